The van der Waals surface area contributed by atoms with E-state index in [2.05, 4.69) is 26.2 Å². The van der Waals surface area contributed by atoms with Gasteiger partial charge in [0.05, 0.1) is 0 Å². The molecule has 2 aromatic rings. The van der Waals surface area contributed by atoms with Crippen LogP contribution >= 0.6 is 15.9 Å². The summed E-state index contributed by atoms with van der Waals surface area (Å²) in [6, 6.07) is 14.5. The first-order chi connectivity index (χ1) is 8.66. The Labute approximate surface area is 114 Å². The van der Waals surface area contributed by atoms with E-state index in [9.17, 15) is 4.79 Å². The van der Waals surface area contributed by atoms with Gasteiger partial charge in [0.15, 0.2) is 0 Å². The van der Waals surface area contributed by atoms with E-state index in [0.717, 1.165) is 5.69 Å². The Bertz CT molecular complexity index is 545. The number of urea groups is 1. The number of amides is 2. The zero-order chi connectivity index (χ0) is 13.0. The number of hydrogen-bond donors (Lipinski definition) is 1. The molecule has 0 spiro atoms. The number of para-hydroxylation sites is 1. The molecule has 18 heavy (non-hydrogen) atoms. The lowest BCUT2D eigenvalue weighted by Crippen LogP contribution is -2.31. The van der Waals surface area contributed by atoms with Gasteiger partial charge in [-0.25, -0.2) is 9.78 Å². The highest BCUT2D eigenvalue weighted by atomic mass is 79.9. The summed E-state index contributed by atoms with van der Waals surface area (Å²) < 4.78 is 0.694. The van der Waals surface area contributed by atoms with Gasteiger partial charge >= 0.3 is 6.03 Å². The molecule has 5 heteroatoms. The maximum absolute atomic E-state index is 12.0. The molecule has 0 saturated heterocycles. The molecule has 1 aromatic carbocycles. The molecule has 2 rings (SSSR count). The predicted octanol–water partition coefficient (Wildman–Crippen LogP) is 3.51. The highest BCUT2D eigenvalue weighted by Gasteiger charge is 2.11. The smallest absolute Gasteiger partial charge is 0.308 e. The number of hydrogen-bond acceptors (Lipinski definition) is 2. The quantitative estimate of drug-likeness (QED) is 0.863. The third-order valence-corrected chi connectivity index (χ3v) is 2.82. The molecule has 0 unspecified atom stereocenters. The first-order valence-corrected chi connectivity index (χ1v) is 6.18. The molecule has 1 heterocycles. The highest BCUT2D eigenvalue weighted by molar-refractivity contribution is 9.10. The molecule has 92 valence electrons. The van der Waals surface area contributed by atoms with E-state index in [-0.39, 0.29) is 6.03 Å². The molecule has 1 aromatic heterocycles. The molecule has 0 fully saturated rings. The van der Waals surface area contributed by atoms with Crippen LogP contribution in [0.4, 0.5) is 16.3 Å². The molecular formula is C13H12BrN3O. The van der Waals surface area contributed by atoms with Crippen molar-refractivity contribution in [1.82, 2.24) is 4.98 Å². The molecule has 0 aliphatic carbocycles. The maximum atomic E-state index is 12.0. The van der Waals surface area contributed by atoms with Gasteiger partial charge in [-0.05, 0) is 40.2 Å². The summed E-state index contributed by atoms with van der Waals surface area (Å²) in [6.45, 7) is 0. The van der Waals surface area contributed by atoms with Crippen LogP contribution in [0.2, 0.25) is 0 Å². The summed E-state index contributed by atoms with van der Waals surface area (Å²) in [5.41, 5.74) is 0.754. The second-order valence-electron chi connectivity index (χ2n) is 3.67. The molecule has 0 atom stereocenters. The van der Waals surface area contributed by atoms with Gasteiger partial charge in [0.2, 0.25) is 0 Å². The molecule has 2 amide bonds. The number of carbonyl (C=O) groups excluding carboxylic acids is 1. The predicted molar refractivity (Wildman–Crippen MR) is 75.8 cm³/mol. The Balaban J connectivity index is 2.10. The minimum Gasteiger partial charge on any atom is -0.308 e. The van der Waals surface area contributed by atoms with Crippen LogP contribution in [0.15, 0.2) is 53.1 Å². The number of rotatable bonds is 2. The van der Waals surface area contributed by atoms with Gasteiger partial charge in [0.1, 0.15) is 10.4 Å². The van der Waals surface area contributed by atoms with E-state index in [1.54, 1.807) is 13.1 Å². The Kier molecular flexibility index (Phi) is 3.94. The first-order valence-electron chi connectivity index (χ1n) is 5.39. The number of aromatic nitrogens is 1. The molecule has 4 nitrogen and oxygen atoms in total. The lowest BCUT2D eigenvalue weighted by atomic mass is 10.3. The van der Waals surface area contributed by atoms with E-state index < -0.39 is 0 Å². The van der Waals surface area contributed by atoms with Crippen LogP contribution in [-0.2, 0) is 0 Å². The topological polar surface area (TPSA) is 45.2 Å². The molecule has 1 N–H and O–H groups in total. The summed E-state index contributed by atoms with van der Waals surface area (Å²) in [4.78, 5) is 17.7. The standard InChI is InChI=1S/C13H12BrN3O/c1-17(12-9-5-8-11(14)16-12)13(18)15-10-6-3-2-4-7-10/h2-9H,1H3,(H,15,18). The summed E-state index contributed by atoms with van der Waals surface area (Å²) in [5, 5.41) is 2.79. The monoisotopic (exact) mass is 305 g/mol. The fraction of sp³-hybridized carbons (Fsp3) is 0.0769. The van der Waals surface area contributed by atoms with E-state index >= 15 is 0 Å². The van der Waals surface area contributed by atoms with E-state index in [0.29, 0.717) is 10.4 Å². The number of nitrogens with zero attached hydrogens (tertiary/aromatic N) is 2. The third kappa shape index (κ3) is 3.07. The van der Waals surface area contributed by atoms with Gasteiger partial charge in [0, 0.05) is 12.7 Å². The van der Waals surface area contributed by atoms with Crippen molar-refractivity contribution in [2.24, 2.45) is 0 Å². The third-order valence-electron chi connectivity index (χ3n) is 2.37. The van der Waals surface area contributed by atoms with Crippen LogP contribution in [0, 0.1) is 0 Å². The number of pyridine rings is 1. The molecule has 0 aliphatic rings. The average Bonchev–Trinajstić information content (AvgIpc) is 2.39. The van der Waals surface area contributed by atoms with Crippen LogP contribution in [0.25, 0.3) is 0 Å². The summed E-state index contributed by atoms with van der Waals surface area (Å²) in [6.07, 6.45) is 0. The Morgan fingerprint density at radius 3 is 2.56 bits per heavy atom. The van der Waals surface area contributed by atoms with Crippen LogP contribution in [0.5, 0.6) is 0 Å². The molecule has 0 aliphatic heterocycles. The van der Waals surface area contributed by atoms with Crippen molar-refractivity contribution in [3.63, 3.8) is 0 Å². The summed E-state index contributed by atoms with van der Waals surface area (Å²) in [7, 11) is 1.67. The van der Waals surface area contributed by atoms with Crippen molar-refractivity contribution in [2.75, 3.05) is 17.3 Å². The van der Waals surface area contributed by atoms with Gasteiger partial charge in [0.25, 0.3) is 0 Å². The maximum Gasteiger partial charge on any atom is 0.327 e. The largest absolute Gasteiger partial charge is 0.327 e. The highest BCUT2D eigenvalue weighted by Crippen LogP contribution is 2.15. The minimum atomic E-state index is -0.230. The van der Waals surface area contributed by atoms with Crippen LogP contribution in [0.3, 0.4) is 0 Å². The van der Waals surface area contributed by atoms with Crippen molar-refractivity contribution >= 4 is 33.5 Å². The fourth-order valence-corrected chi connectivity index (χ4v) is 1.75. The van der Waals surface area contributed by atoms with Crippen molar-refractivity contribution < 1.29 is 4.79 Å². The van der Waals surface area contributed by atoms with Crippen molar-refractivity contribution in [2.45, 2.75) is 0 Å². The van der Waals surface area contributed by atoms with Crippen molar-refractivity contribution in [3.8, 4) is 0 Å². The number of halogens is 1. The SMILES string of the molecule is CN(C(=O)Nc1ccccc1)c1cccc(Br)n1. The van der Waals surface area contributed by atoms with Gasteiger partial charge < -0.3 is 5.32 Å². The molecule has 0 bridgehead atoms. The first kappa shape index (κ1) is 12.6. The molecular weight excluding hydrogens is 294 g/mol. The van der Waals surface area contributed by atoms with Crippen molar-refractivity contribution in [1.29, 1.82) is 0 Å². The molecule has 0 saturated carbocycles. The van der Waals surface area contributed by atoms with Crippen LogP contribution in [0.1, 0.15) is 0 Å². The van der Waals surface area contributed by atoms with Crippen LogP contribution in [-0.4, -0.2) is 18.1 Å². The van der Waals surface area contributed by atoms with Gasteiger partial charge in [-0.15, -0.1) is 0 Å². The van der Waals surface area contributed by atoms with Crippen molar-refractivity contribution in [3.05, 3.63) is 53.1 Å². The molecule has 0 radical (unpaired) electrons. The number of carbonyl (C=O) groups is 1. The van der Waals surface area contributed by atoms with Gasteiger partial charge in [-0.2, -0.15) is 0 Å². The number of nitrogens with one attached hydrogen (secondary N) is 1. The normalized spacial score (nSPS) is 9.89. The lowest BCUT2D eigenvalue weighted by molar-refractivity contribution is 0.258. The average molecular weight is 306 g/mol. The zero-order valence-corrected chi connectivity index (χ0v) is 11.4. The Morgan fingerprint density at radius 1 is 1.17 bits per heavy atom. The Morgan fingerprint density at radius 2 is 1.89 bits per heavy atom. The second kappa shape index (κ2) is 5.64. The van der Waals surface area contributed by atoms with E-state index in [1.165, 1.54) is 4.90 Å². The van der Waals surface area contributed by atoms with E-state index in [4.69, 9.17) is 0 Å². The summed E-state index contributed by atoms with van der Waals surface area (Å²) >= 11 is 3.28. The zero-order valence-electron chi connectivity index (χ0n) is 9.80. The van der Waals surface area contributed by atoms with E-state index in [1.807, 2.05) is 42.5 Å². The van der Waals surface area contributed by atoms with Gasteiger partial charge in [-0.1, -0.05) is 24.3 Å². The lowest BCUT2D eigenvalue weighted by Gasteiger charge is -2.17. The summed E-state index contributed by atoms with van der Waals surface area (Å²) in [5.74, 6) is 0.581. The fourth-order valence-electron chi connectivity index (χ4n) is 1.42. The second-order valence-corrected chi connectivity index (χ2v) is 4.49. The number of benzene rings is 1. The Hall–Kier alpha value is -1.88. The number of anilines is 2. The van der Waals surface area contributed by atoms with Crippen LogP contribution < -0.4 is 10.2 Å². The minimum absolute atomic E-state index is 0.230. The van der Waals surface area contributed by atoms with Gasteiger partial charge in [-0.3, -0.25) is 4.90 Å².